The standard InChI is InChI=1S/C24H32N8O2S/c1-4-26-24(32-12-10-31(11-13-32)23-20(14-25)18(2)29-35-23)28-15-21(33)27-16-22(34)30(3)17-19-8-6-5-7-9-19/h5-9H,4,10-13,15-17H2,1-3H3,(H,26,28)(H,27,33). The van der Waals surface area contributed by atoms with Crippen LogP contribution in [-0.2, 0) is 16.1 Å². The van der Waals surface area contributed by atoms with Gasteiger partial charge in [0.15, 0.2) is 5.96 Å². The van der Waals surface area contributed by atoms with Crippen LogP contribution in [0.2, 0.25) is 0 Å². The molecule has 0 radical (unpaired) electrons. The summed E-state index contributed by atoms with van der Waals surface area (Å²) in [6.45, 7) is 7.74. The number of carbonyl (C=O) groups excluding carboxylic acids is 2. The van der Waals surface area contributed by atoms with Gasteiger partial charge in [0, 0.05) is 46.3 Å². The van der Waals surface area contributed by atoms with Crippen molar-refractivity contribution in [3.63, 3.8) is 0 Å². The van der Waals surface area contributed by atoms with Crippen molar-refractivity contribution in [2.45, 2.75) is 20.4 Å². The van der Waals surface area contributed by atoms with Crippen molar-refractivity contribution < 1.29 is 9.59 Å². The molecule has 3 rings (SSSR count). The summed E-state index contributed by atoms with van der Waals surface area (Å²) in [4.78, 5) is 35.1. The van der Waals surface area contributed by atoms with Crippen LogP contribution in [0.4, 0.5) is 5.00 Å². The Hall–Kier alpha value is -3.65. The quantitative estimate of drug-likeness (QED) is 0.416. The number of hydrogen-bond donors (Lipinski definition) is 2. The minimum absolute atomic E-state index is 0.0646. The molecule has 2 aromatic rings. The van der Waals surface area contributed by atoms with E-state index in [1.165, 1.54) is 11.5 Å². The summed E-state index contributed by atoms with van der Waals surface area (Å²) in [6.07, 6.45) is 0. The molecule has 2 N–H and O–H groups in total. The number of anilines is 1. The van der Waals surface area contributed by atoms with E-state index in [2.05, 4.69) is 35.9 Å². The maximum Gasteiger partial charge on any atom is 0.242 e. The Bertz CT molecular complexity index is 1070. The summed E-state index contributed by atoms with van der Waals surface area (Å²) in [6, 6.07) is 12.0. The summed E-state index contributed by atoms with van der Waals surface area (Å²) in [5.74, 6) is 0.194. The third kappa shape index (κ3) is 7.16. The topological polar surface area (TPSA) is 117 Å². The van der Waals surface area contributed by atoms with Gasteiger partial charge in [0.2, 0.25) is 11.8 Å². The molecule has 11 heteroatoms. The fourth-order valence-electron chi connectivity index (χ4n) is 3.71. The molecule has 1 aromatic carbocycles. The Balaban J connectivity index is 1.48. The summed E-state index contributed by atoms with van der Waals surface area (Å²) < 4.78 is 4.31. The maximum absolute atomic E-state index is 12.4. The van der Waals surface area contributed by atoms with Crippen LogP contribution < -0.4 is 15.5 Å². The molecule has 0 aliphatic carbocycles. The van der Waals surface area contributed by atoms with Crippen molar-refractivity contribution in [2.75, 3.05) is 57.8 Å². The van der Waals surface area contributed by atoms with Crippen LogP contribution in [0.1, 0.15) is 23.7 Å². The zero-order valence-corrected chi connectivity index (χ0v) is 21.3. The largest absolute Gasteiger partial charge is 0.358 e. The Morgan fingerprint density at radius 2 is 1.91 bits per heavy atom. The molecule has 0 spiro atoms. The van der Waals surface area contributed by atoms with Gasteiger partial charge in [-0.2, -0.15) is 9.64 Å². The highest BCUT2D eigenvalue weighted by Gasteiger charge is 2.24. The van der Waals surface area contributed by atoms with Gasteiger partial charge < -0.3 is 25.3 Å². The Kier molecular flexibility index (Phi) is 9.43. The summed E-state index contributed by atoms with van der Waals surface area (Å²) in [5, 5.41) is 16.2. The molecular formula is C24H32N8O2S. The van der Waals surface area contributed by atoms with Gasteiger partial charge in [0.25, 0.3) is 0 Å². The minimum Gasteiger partial charge on any atom is -0.358 e. The number of likely N-dealkylation sites (N-methyl/N-ethyl adjacent to an activating group) is 1. The number of nitrogens with one attached hydrogen (secondary N) is 2. The number of nitrogens with zero attached hydrogens (tertiary/aromatic N) is 6. The van der Waals surface area contributed by atoms with Crippen molar-refractivity contribution in [1.29, 1.82) is 5.26 Å². The van der Waals surface area contributed by atoms with E-state index in [-0.39, 0.29) is 24.9 Å². The van der Waals surface area contributed by atoms with E-state index >= 15 is 0 Å². The number of carbonyl (C=O) groups is 2. The first kappa shape index (κ1) is 26.0. The molecule has 186 valence electrons. The zero-order valence-electron chi connectivity index (χ0n) is 20.5. The second-order valence-electron chi connectivity index (χ2n) is 8.22. The van der Waals surface area contributed by atoms with Crippen molar-refractivity contribution in [3.8, 4) is 6.07 Å². The lowest BCUT2D eigenvalue weighted by molar-refractivity contribution is -0.131. The van der Waals surface area contributed by atoms with Crippen molar-refractivity contribution in [1.82, 2.24) is 24.8 Å². The molecule has 1 fully saturated rings. The fourth-order valence-corrected chi connectivity index (χ4v) is 4.60. The molecule has 2 amide bonds. The van der Waals surface area contributed by atoms with E-state index < -0.39 is 0 Å². The van der Waals surface area contributed by atoms with Crippen LogP contribution in [0, 0.1) is 18.3 Å². The number of aryl methyl sites for hydroxylation is 1. The first-order chi connectivity index (χ1) is 16.9. The Labute approximate surface area is 210 Å². The van der Waals surface area contributed by atoms with E-state index in [0.29, 0.717) is 37.7 Å². The van der Waals surface area contributed by atoms with Crippen molar-refractivity contribution >= 4 is 34.3 Å². The van der Waals surface area contributed by atoms with Gasteiger partial charge in [-0.25, -0.2) is 4.99 Å². The van der Waals surface area contributed by atoms with Crippen LogP contribution in [-0.4, -0.2) is 84.8 Å². The maximum atomic E-state index is 12.4. The van der Waals surface area contributed by atoms with E-state index in [9.17, 15) is 14.9 Å². The average Bonchev–Trinajstić information content (AvgIpc) is 3.26. The Morgan fingerprint density at radius 1 is 1.20 bits per heavy atom. The number of nitriles is 1. The van der Waals surface area contributed by atoms with Gasteiger partial charge in [0.05, 0.1) is 12.2 Å². The lowest BCUT2D eigenvalue weighted by Crippen LogP contribution is -2.52. The van der Waals surface area contributed by atoms with E-state index in [1.54, 1.807) is 11.9 Å². The van der Waals surface area contributed by atoms with Gasteiger partial charge in [-0.05, 0) is 30.9 Å². The number of amides is 2. The van der Waals surface area contributed by atoms with Gasteiger partial charge in [0.1, 0.15) is 23.2 Å². The monoisotopic (exact) mass is 496 g/mol. The number of benzene rings is 1. The fraction of sp³-hybridized carbons (Fsp3) is 0.458. The molecule has 1 saturated heterocycles. The van der Waals surface area contributed by atoms with Gasteiger partial charge in [-0.15, -0.1) is 0 Å². The smallest absolute Gasteiger partial charge is 0.242 e. The number of aromatic nitrogens is 1. The van der Waals surface area contributed by atoms with Crippen LogP contribution in [0.5, 0.6) is 0 Å². The molecule has 35 heavy (non-hydrogen) atoms. The van der Waals surface area contributed by atoms with Crippen LogP contribution in [0.25, 0.3) is 0 Å². The van der Waals surface area contributed by atoms with E-state index in [1.807, 2.05) is 44.2 Å². The predicted octanol–water partition coefficient (Wildman–Crippen LogP) is 1.19. The molecule has 1 aliphatic rings. The molecule has 10 nitrogen and oxygen atoms in total. The number of rotatable bonds is 8. The molecule has 0 bridgehead atoms. The minimum atomic E-state index is -0.306. The molecule has 2 heterocycles. The second kappa shape index (κ2) is 12.7. The van der Waals surface area contributed by atoms with E-state index in [0.717, 1.165) is 29.3 Å². The second-order valence-corrected chi connectivity index (χ2v) is 8.97. The van der Waals surface area contributed by atoms with Crippen LogP contribution in [0.15, 0.2) is 35.3 Å². The molecule has 1 aromatic heterocycles. The lowest BCUT2D eigenvalue weighted by Gasteiger charge is -2.37. The van der Waals surface area contributed by atoms with Crippen LogP contribution in [0.3, 0.4) is 0 Å². The molecular weight excluding hydrogens is 464 g/mol. The SMILES string of the molecule is CCNC(=NCC(=O)NCC(=O)N(C)Cc1ccccc1)N1CCN(c2snc(C)c2C#N)CC1. The third-order valence-electron chi connectivity index (χ3n) is 5.66. The van der Waals surface area contributed by atoms with E-state index in [4.69, 9.17) is 0 Å². The average molecular weight is 497 g/mol. The van der Waals surface area contributed by atoms with Crippen molar-refractivity contribution in [3.05, 3.63) is 47.2 Å². The number of piperazine rings is 1. The summed E-state index contributed by atoms with van der Waals surface area (Å²) >= 11 is 1.36. The normalized spacial score (nSPS) is 13.8. The number of hydrogen-bond acceptors (Lipinski definition) is 7. The first-order valence-corrected chi connectivity index (χ1v) is 12.4. The number of aliphatic imine (C=N–C) groups is 1. The molecule has 0 unspecified atom stereocenters. The Morgan fingerprint density at radius 3 is 2.57 bits per heavy atom. The third-order valence-corrected chi connectivity index (χ3v) is 6.66. The summed E-state index contributed by atoms with van der Waals surface area (Å²) in [5.41, 5.74) is 2.44. The highest BCUT2D eigenvalue weighted by atomic mass is 32.1. The van der Waals surface area contributed by atoms with Gasteiger partial charge in [-0.3, -0.25) is 9.59 Å². The lowest BCUT2D eigenvalue weighted by atomic mass is 10.2. The highest BCUT2D eigenvalue weighted by molar-refractivity contribution is 7.10. The van der Waals surface area contributed by atoms with Gasteiger partial charge in [-0.1, -0.05) is 30.3 Å². The predicted molar refractivity (Wildman–Crippen MR) is 137 cm³/mol. The van der Waals surface area contributed by atoms with Crippen LogP contribution >= 0.6 is 11.5 Å². The molecule has 1 aliphatic heterocycles. The zero-order chi connectivity index (χ0) is 25.2. The molecule has 0 saturated carbocycles. The molecule has 0 atom stereocenters. The summed E-state index contributed by atoms with van der Waals surface area (Å²) in [7, 11) is 1.72. The first-order valence-electron chi connectivity index (χ1n) is 11.6. The van der Waals surface area contributed by atoms with Crippen molar-refractivity contribution in [2.24, 2.45) is 4.99 Å². The number of guanidine groups is 1. The van der Waals surface area contributed by atoms with Gasteiger partial charge >= 0.3 is 0 Å². The highest BCUT2D eigenvalue weighted by Crippen LogP contribution is 2.28.